The van der Waals surface area contributed by atoms with Gasteiger partial charge in [-0.1, -0.05) is 97.1 Å². The second-order valence-electron chi connectivity index (χ2n) is 15.7. The van der Waals surface area contributed by atoms with Gasteiger partial charge in [-0.3, -0.25) is 0 Å². The molecule has 0 aromatic heterocycles. The fourth-order valence-corrected chi connectivity index (χ4v) is 7.80. The average Bonchev–Trinajstić information content (AvgIpc) is 3.86. The van der Waals surface area contributed by atoms with Crippen LogP contribution in [0.2, 0.25) is 0 Å². The van der Waals surface area contributed by atoms with Crippen molar-refractivity contribution < 1.29 is 52.5 Å². The summed E-state index contributed by atoms with van der Waals surface area (Å²) >= 11 is 0. The number of benzene rings is 4. The molecule has 4 aromatic carbocycles. The van der Waals surface area contributed by atoms with Crippen LogP contribution in [0.25, 0.3) is 0 Å². The molecule has 2 saturated heterocycles. The molecule has 67 heavy (non-hydrogen) atoms. The molecule has 15 nitrogen and oxygen atoms in total. The third kappa shape index (κ3) is 18.0. The SMILES string of the molecule is C=CC[C@]1(C=O)CCN(C(=O)OCc2ccccc2)[C@@H]1C.C=CC[C@]1(CNCc2ccc(OC)cc2)CCN(C(=O)OCc2ccccc2)[C@@H]1C.COc1ccc(CN)cc1.O=C=O.O=C=O. The Kier molecular flexibility index (Phi) is 25.8. The number of nitrogens with zero attached hydrogens (tertiary/aromatic N) is 2. The number of aldehydes is 1. The first kappa shape index (κ1) is 56.0. The fraction of sp³-hybridized carbons (Fsp3) is 0.365. The average molecular weight is 921 g/mol. The van der Waals surface area contributed by atoms with Gasteiger partial charge in [0.2, 0.25) is 0 Å². The summed E-state index contributed by atoms with van der Waals surface area (Å²) in [5.41, 5.74) is 9.11. The van der Waals surface area contributed by atoms with Gasteiger partial charge in [-0.15, -0.1) is 13.2 Å². The number of ether oxygens (including phenoxy) is 4. The summed E-state index contributed by atoms with van der Waals surface area (Å²) in [6.07, 6.45) is 7.58. The standard InChI is InChI=1S/C25H32N2O3.C17H21NO3.C8H11NO.2CO2/c1-4-14-25(19-26-17-21-10-12-23(29-3)13-11-21)15-16-27(20(25)2)24(28)30-18-22-8-6-5-7-9-22;1-3-9-17(13-19)10-11-18(14(17)2)16(20)21-12-15-7-5-4-6-8-15;1-10-8-4-2-7(6-9)3-5-8;2*2-1-3/h4-13,20,26H,1,14-19H2,2-3H3;3-8,13-14H,1,9-12H2,2H3;2-5H,6,9H2,1H3;;/t20-,25-;14-,17-;;;/m11.../s1. The first-order chi connectivity index (χ1) is 32.4. The molecule has 2 amide bonds. The summed E-state index contributed by atoms with van der Waals surface area (Å²) in [6, 6.07) is 35.0. The van der Waals surface area contributed by atoms with Crippen LogP contribution in [0.15, 0.2) is 135 Å². The summed E-state index contributed by atoms with van der Waals surface area (Å²) in [6.45, 7) is 15.6. The molecule has 0 radical (unpaired) electrons. The molecule has 15 heteroatoms. The summed E-state index contributed by atoms with van der Waals surface area (Å²) in [5, 5.41) is 3.59. The smallest absolute Gasteiger partial charge is 0.410 e. The molecule has 358 valence electrons. The summed E-state index contributed by atoms with van der Waals surface area (Å²) in [4.78, 5) is 72.4. The molecule has 2 heterocycles. The third-order valence-electron chi connectivity index (χ3n) is 11.9. The van der Waals surface area contributed by atoms with E-state index >= 15 is 0 Å². The van der Waals surface area contributed by atoms with E-state index in [1.54, 1.807) is 25.2 Å². The number of carbonyl (C=O) groups excluding carboxylic acids is 7. The van der Waals surface area contributed by atoms with Crippen LogP contribution in [0.3, 0.4) is 0 Å². The van der Waals surface area contributed by atoms with Gasteiger partial charge < -0.3 is 44.6 Å². The largest absolute Gasteiger partial charge is 0.497 e. The van der Waals surface area contributed by atoms with Gasteiger partial charge in [0.1, 0.15) is 31.0 Å². The molecule has 6 rings (SSSR count). The molecule has 2 fully saturated rings. The van der Waals surface area contributed by atoms with Gasteiger partial charge in [-0.25, -0.2) is 9.59 Å². The van der Waals surface area contributed by atoms with Crippen LogP contribution in [-0.2, 0) is 59.7 Å². The van der Waals surface area contributed by atoms with Crippen molar-refractivity contribution in [3.8, 4) is 11.5 Å². The van der Waals surface area contributed by atoms with Crippen LogP contribution >= 0.6 is 0 Å². The number of amides is 2. The van der Waals surface area contributed by atoms with E-state index in [-0.39, 0.29) is 48.6 Å². The number of rotatable bonds is 16. The zero-order valence-electron chi connectivity index (χ0n) is 38.9. The van der Waals surface area contributed by atoms with Crippen molar-refractivity contribution in [2.75, 3.05) is 33.9 Å². The van der Waals surface area contributed by atoms with Crippen LogP contribution in [0.1, 0.15) is 61.8 Å². The summed E-state index contributed by atoms with van der Waals surface area (Å²) < 4.78 is 21.1. The first-order valence-electron chi connectivity index (χ1n) is 21.7. The molecule has 0 aliphatic carbocycles. The minimum atomic E-state index is -0.520. The van der Waals surface area contributed by atoms with Gasteiger partial charge >= 0.3 is 24.5 Å². The maximum absolute atomic E-state index is 12.7. The van der Waals surface area contributed by atoms with E-state index in [4.69, 9.17) is 43.9 Å². The summed E-state index contributed by atoms with van der Waals surface area (Å²) in [7, 11) is 3.32. The third-order valence-corrected chi connectivity index (χ3v) is 11.9. The Hall–Kier alpha value is -7.15. The number of nitrogens with two attached hydrogens (primary N) is 1. The Bertz CT molecular complexity index is 2110. The molecule has 0 unspecified atom stereocenters. The van der Waals surface area contributed by atoms with Crippen LogP contribution in [0.4, 0.5) is 9.59 Å². The van der Waals surface area contributed by atoms with Gasteiger partial charge in [0.05, 0.1) is 19.6 Å². The molecule has 4 aromatic rings. The highest BCUT2D eigenvalue weighted by Gasteiger charge is 2.47. The Morgan fingerprint density at radius 3 is 1.52 bits per heavy atom. The lowest BCUT2D eigenvalue weighted by atomic mass is 9.77. The van der Waals surface area contributed by atoms with E-state index < -0.39 is 5.41 Å². The number of carbonyl (C=O) groups is 3. The van der Waals surface area contributed by atoms with E-state index in [2.05, 4.69) is 37.5 Å². The van der Waals surface area contributed by atoms with Crippen LogP contribution in [0.5, 0.6) is 11.5 Å². The molecular formula is C52H64N4O11. The lowest BCUT2D eigenvalue weighted by molar-refractivity contribution is -0.193. The topological polar surface area (TPSA) is 201 Å². The predicted octanol–water partition coefficient (Wildman–Crippen LogP) is 7.94. The van der Waals surface area contributed by atoms with Crippen molar-refractivity contribution in [2.24, 2.45) is 16.6 Å². The van der Waals surface area contributed by atoms with Crippen molar-refractivity contribution >= 4 is 30.8 Å². The van der Waals surface area contributed by atoms with Gasteiger partial charge in [-0.2, -0.15) is 19.2 Å². The van der Waals surface area contributed by atoms with Crippen molar-refractivity contribution in [3.05, 3.63) is 157 Å². The molecular weight excluding hydrogens is 857 g/mol. The Morgan fingerprint density at radius 1 is 0.672 bits per heavy atom. The number of hydrogen-bond acceptors (Lipinski definition) is 13. The minimum Gasteiger partial charge on any atom is -0.497 e. The van der Waals surface area contributed by atoms with Gasteiger partial charge in [0.15, 0.2) is 0 Å². The van der Waals surface area contributed by atoms with E-state index in [0.717, 1.165) is 60.4 Å². The molecule has 0 spiro atoms. The molecule has 3 N–H and O–H groups in total. The highest BCUT2D eigenvalue weighted by atomic mass is 16.6. The number of methoxy groups -OCH3 is 2. The lowest BCUT2D eigenvalue weighted by Gasteiger charge is -2.35. The van der Waals surface area contributed by atoms with Gasteiger partial charge in [0, 0.05) is 50.2 Å². The lowest BCUT2D eigenvalue weighted by Crippen LogP contribution is -2.45. The number of allylic oxidation sites excluding steroid dienone is 2. The van der Waals surface area contributed by atoms with Crippen molar-refractivity contribution in [3.63, 3.8) is 0 Å². The van der Waals surface area contributed by atoms with E-state index in [9.17, 15) is 14.4 Å². The first-order valence-corrected chi connectivity index (χ1v) is 21.7. The molecule has 4 atom stereocenters. The number of hydrogen-bond donors (Lipinski definition) is 2. The van der Waals surface area contributed by atoms with E-state index in [1.165, 1.54) is 5.56 Å². The van der Waals surface area contributed by atoms with Crippen LogP contribution < -0.4 is 20.5 Å². The van der Waals surface area contributed by atoms with Gasteiger partial charge in [-0.05, 0) is 86.1 Å². The van der Waals surface area contributed by atoms with E-state index in [1.807, 2.05) is 115 Å². The van der Waals surface area contributed by atoms with E-state index in [0.29, 0.717) is 39.1 Å². The molecule has 0 bridgehead atoms. The highest BCUT2D eigenvalue weighted by Crippen LogP contribution is 2.41. The Labute approximate surface area is 393 Å². The zero-order valence-corrected chi connectivity index (χ0v) is 38.9. The normalized spacial score (nSPS) is 18.6. The maximum atomic E-state index is 12.7. The van der Waals surface area contributed by atoms with Gasteiger partial charge in [0.25, 0.3) is 0 Å². The van der Waals surface area contributed by atoms with Crippen molar-refractivity contribution in [1.82, 2.24) is 15.1 Å². The van der Waals surface area contributed by atoms with Crippen molar-refractivity contribution in [2.45, 2.75) is 77.9 Å². The van der Waals surface area contributed by atoms with Crippen LogP contribution in [-0.4, -0.2) is 86.5 Å². The Balaban J connectivity index is 0.000000358. The fourth-order valence-electron chi connectivity index (χ4n) is 7.80. The minimum absolute atomic E-state index is 0.0417. The molecule has 0 saturated carbocycles. The highest BCUT2D eigenvalue weighted by molar-refractivity contribution is 5.72. The second-order valence-corrected chi connectivity index (χ2v) is 15.7. The quantitative estimate of drug-likeness (QED) is 0.0811. The molecule has 2 aliphatic heterocycles. The molecule has 2 aliphatic rings. The zero-order chi connectivity index (χ0) is 49.5. The monoisotopic (exact) mass is 920 g/mol. The van der Waals surface area contributed by atoms with Crippen LogP contribution in [0, 0.1) is 10.8 Å². The number of likely N-dealkylation sites (tertiary alicyclic amines) is 2. The second kappa shape index (κ2) is 30.9. The maximum Gasteiger partial charge on any atom is 0.410 e. The predicted molar refractivity (Wildman–Crippen MR) is 251 cm³/mol. The Morgan fingerprint density at radius 2 is 1.10 bits per heavy atom. The summed E-state index contributed by atoms with van der Waals surface area (Å²) in [5.74, 6) is 1.73. The number of nitrogens with one attached hydrogen (secondary N) is 1. The van der Waals surface area contributed by atoms with Crippen molar-refractivity contribution in [1.29, 1.82) is 0 Å².